The van der Waals surface area contributed by atoms with E-state index in [9.17, 15) is 14.4 Å². The maximum atomic E-state index is 11.6. The molecule has 1 saturated heterocycles. The first-order valence-corrected chi connectivity index (χ1v) is 7.46. The molecule has 3 N–H and O–H groups in total. The summed E-state index contributed by atoms with van der Waals surface area (Å²) in [4.78, 5) is 35.1. The van der Waals surface area contributed by atoms with E-state index in [0.29, 0.717) is 18.8 Å². The number of amides is 3. The molecule has 0 aliphatic carbocycles. The third-order valence-corrected chi connectivity index (χ3v) is 3.70. The summed E-state index contributed by atoms with van der Waals surface area (Å²) in [7, 11) is 0. The van der Waals surface area contributed by atoms with Crippen LogP contribution in [0.5, 0.6) is 0 Å². The monoisotopic (exact) mass is 309 g/mol. The summed E-state index contributed by atoms with van der Waals surface area (Å²) in [5.74, 6) is -1.21. The van der Waals surface area contributed by atoms with Crippen molar-refractivity contribution in [3.05, 3.63) is 24.3 Å². The van der Waals surface area contributed by atoms with Crippen molar-refractivity contribution in [3.8, 4) is 0 Å². The van der Waals surface area contributed by atoms with Crippen LogP contribution in [0.25, 0.3) is 0 Å². The standard InChI is InChI=1S/C13H15N3O4S/c17-11(7-21-8-12(18)19)15-9-1-3-10(4-2-9)16-6-5-14-13(16)20/h1-4H,5-8H2,(H,14,20)(H,15,17)(H,18,19). The summed E-state index contributed by atoms with van der Waals surface area (Å²) < 4.78 is 0. The number of carboxylic acid groups (broad SMARTS) is 1. The third-order valence-electron chi connectivity index (χ3n) is 2.78. The lowest BCUT2D eigenvalue weighted by Crippen LogP contribution is -2.27. The van der Waals surface area contributed by atoms with Gasteiger partial charge in [0.25, 0.3) is 0 Å². The average molecular weight is 309 g/mol. The van der Waals surface area contributed by atoms with Crippen LogP contribution in [0.1, 0.15) is 0 Å². The zero-order chi connectivity index (χ0) is 15.2. The Bertz CT molecular complexity index is 547. The third kappa shape index (κ3) is 4.38. The van der Waals surface area contributed by atoms with Gasteiger partial charge in [0.1, 0.15) is 0 Å². The molecule has 3 amide bonds. The molecule has 0 unspecified atom stereocenters. The van der Waals surface area contributed by atoms with Gasteiger partial charge < -0.3 is 15.7 Å². The number of carboxylic acids is 1. The van der Waals surface area contributed by atoms with E-state index in [-0.39, 0.29) is 23.4 Å². The Kier molecular flexibility index (Phi) is 5.04. The zero-order valence-electron chi connectivity index (χ0n) is 11.2. The van der Waals surface area contributed by atoms with Gasteiger partial charge >= 0.3 is 12.0 Å². The number of carbonyl (C=O) groups excluding carboxylic acids is 2. The summed E-state index contributed by atoms with van der Waals surface area (Å²) in [5, 5.41) is 13.9. The number of thioether (sulfide) groups is 1. The van der Waals surface area contributed by atoms with Crippen molar-refractivity contribution in [1.29, 1.82) is 0 Å². The van der Waals surface area contributed by atoms with Gasteiger partial charge in [0, 0.05) is 24.5 Å². The predicted molar refractivity (Wildman–Crippen MR) is 80.8 cm³/mol. The molecule has 8 heteroatoms. The second-order valence-electron chi connectivity index (χ2n) is 4.37. The molecule has 0 aromatic heterocycles. The van der Waals surface area contributed by atoms with Crippen molar-refractivity contribution < 1.29 is 19.5 Å². The highest BCUT2D eigenvalue weighted by molar-refractivity contribution is 8.00. The SMILES string of the molecule is O=C(O)CSCC(=O)Nc1ccc(N2CCNC2=O)cc1. The number of carbonyl (C=O) groups is 3. The molecule has 0 spiro atoms. The lowest BCUT2D eigenvalue weighted by atomic mass is 10.2. The first-order chi connectivity index (χ1) is 10.1. The normalized spacial score (nSPS) is 13.9. The fourth-order valence-electron chi connectivity index (χ4n) is 1.87. The molecule has 1 aliphatic heterocycles. The van der Waals surface area contributed by atoms with Crippen LogP contribution in [0.4, 0.5) is 16.2 Å². The van der Waals surface area contributed by atoms with E-state index in [1.54, 1.807) is 29.2 Å². The first-order valence-electron chi connectivity index (χ1n) is 6.31. The number of benzene rings is 1. The van der Waals surface area contributed by atoms with Crippen LogP contribution in [0.2, 0.25) is 0 Å². The molecule has 0 atom stereocenters. The highest BCUT2D eigenvalue weighted by atomic mass is 32.2. The zero-order valence-corrected chi connectivity index (χ0v) is 12.0. The summed E-state index contributed by atoms with van der Waals surface area (Å²) >= 11 is 1.04. The van der Waals surface area contributed by atoms with Crippen molar-refractivity contribution in [2.24, 2.45) is 0 Å². The molecule has 0 bridgehead atoms. The Labute approximate surface area is 125 Å². The van der Waals surface area contributed by atoms with Crippen molar-refractivity contribution in [1.82, 2.24) is 5.32 Å². The summed E-state index contributed by atoms with van der Waals surface area (Å²) in [6.45, 7) is 1.24. The smallest absolute Gasteiger partial charge is 0.321 e. The maximum absolute atomic E-state index is 11.6. The van der Waals surface area contributed by atoms with Crippen LogP contribution < -0.4 is 15.5 Å². The second-order valence-corrected chi connectivity index (χ2v) is 5.35. The highest BCUT2D eigenvalue weighted by Gasteiger charge is 2.20. The van der Waals surface area contributed by atoms with E-state index in [4.69, 9.17) is 5.11 Å². The molecule has 0 saturated carbocycles. The molecule has 1 aromatic rings. The highest BCUT2D eigenvalue weighted by Crippen LogP contribution is 2.19. The minimum absolute atomic E-state index is 0.0859. The largest absolute Gasteiger partial charge is 0.481 e. The van der Waals surface area contributed by atoms with Crippen LogP contribution in [0.15, 0.2) is 24.3 Å². The molecule has 0 radical (unpaired) electrons. The molecule has 112 valence electrons. The number of anilines is 2. The topological polar surface area (TPSA) is 98.7 Å². The van der Waals surface area contributed by atoms with Crippen LogP contribution in [-0.4, -0.2) is 47.6 Å². The summed E-state index contributed by atoms with van der Waals surface area (Å²) in [5.41, 5.74) is 1.38. The lowest BCUT2D eigenvalue weighted by Gasteiger charge is -2.14. The lowest BCUT2D eigenvalue weighted by molar-refractivity contribution is -0.133. The van der Waals surface area contributed by atoms with Gasteiger partial charge in [-0.15, -0.1) is 11.8 Å². The van der Waals surface area contributed by atoms with E-state index in [0.717, 1.165) is 17.4 Å². The number of urea groups is 1. The molecule has 1 aliphatic rings. The van der Waals surface area contributed by atoms with Crippen LogP contribution >= 0.6 is 11.8 Å². The minimum Gasteiger partial charge on any atom is -0.481 e. The van der Waals surface area contributed by atoms with Gasteiger partial charge in [-0.2, -0.15) is 0 Å². The molecule has 1 heterocycles. The number of hydrogen-bond acceptors (Lipinski definition) is 4. The number of rotatable bonds is 6. The van der Waals surface area contributed by atoms with E-state index in [1.165, 1.54) is 0 Å². The van der Waals surface area contributed by atoms with E-state index in [2.05, 4.69) is 10.6 Å². The average Bonchev–Trinajstić information content (AvgIpc) is 2.85. The second kappa shape index (κ2) is 6.98. The molecular formula is C13H15N3O4S. The van der Waals surface area contributed by atoms with Crippen molar-refractivity contribution in [2.45, 2.75) is 0 Å². The fourth-order valence-corrected chi connectivity index (χ4v) is 2.41. The van der Waals surface area contributed by atoms with Gasteiger partial charge in [0.15, 0.2) is 0 Å². The van der Waals surface area contributed by atoms with Gasteiger partial charge in [-0.25, -0.2) is 4.79 Å². The van der Waals surface area contributed by atoms with Crippen molar-refractivity contribution in [3.63, 3.8) is 0 Å². The Hall–Kier alpha value is -2.22. The van der Waals surface area contributed by atoms with Gasteiger partial charge in [0.05, 0.1) is 11.5 Å². The number of aliphatic carboxylic acids is 1. The van der Waals surface area contributed by atoms with Crippen LogP contribution in [0.3, 0.4) is 0 Å². The van der Waals surface area contributed by atoms with Crippen LogP contribution in [-0.2, 0) is 9.59 Å². The van der Waals surface area contributed by atoms with Gasteiger partial charge in [-0.1, -0.05) is 0 Å². The van der Waals surface area contributed by atoms with E-state index >= 15 is 0 Å². The number of nitrogens with zero attached hydrogens (tertiary/aromatic N) is 1. The summed E-state index contributed by atoms with van der Waals surface area (Å²) in [6.07, 6.45) is 0. The Morgan fingerprint density at radius 2 is 2.00 bits per heavy atom. The maximum Gasteiger partial charge on any atom is 0.321 e. The van der Waals surface area contributed by atoms with E-state index in [1.807, 2.05) is 0 Å². The van der Waals surface area contributed by atoms with Gasteiger partial charge in [-0.3, -0.25) is 14.5 Å². The molecule has 1 fully saturated rings. The number of nitrogens with one attached hydrogen (secondary N) is 2. The Balaban J connectivity index is 1.86. The molecule has 2 rings (SSSR count). The van der Waals surface area contributed by atoms with E-state index < -0.39 is 5.97 Å². The molecular weight excluding hydrogens is 294 g/mol. The van der Waals surface area contributed by atoms with Gasteiger partial charge in [0.2, 0.25) is 5.91 Å². The number of hydrogen-bond donors (Lipinski definition) is 3. The van der Waals surface area contributed by atoms with Crippen molar-refractivity contribution in [2.75, 3.05) is 34.8 Å². The first kappa shape index (κ1) is 15.2. The molecule has 7 nitrogen and oxygen atoms in total. The predicted octanol–water partition coefficient (Wildman–Crippen LogP) is 0.972. The van der Waals surface area contributed by atoms with Gasteiger partial charge in [-0.05, 0) is 24.3 Å². The van der Waals surface area contributed by atoms with Crippen LogP contribution in [0, 0.1) is 0 Å². The Morgan fingerprint density at radius 1 is 1.29 bits per heavy atom. The molecule has 21 heavy (non-hydrogen) atoms. The Morgan fingerprint density at radius 3 is 2.57 bits per heavy atom. The molecule has 1 aromatic carbocycles. The fraction of sp³-hybridized carbons (Fsp3) is 0.308. The quantitative estimate of drug-likeness (QED) is 0.727. The minimum atomic E-state index is -0.943. The van der Waals surface area contributed by atoms with Crippen molar-refractivity contribution >= 4 is 41.0 Å². The summed E-state index contributed by atoms with van der Waals surface area (Å²) in [6, 6.07) is 6.80.